The number of methoxy groups -OCH3 is 1. The second-order valence-electron chi connectivity index (χ2n) is 9.21. The van der Waals surface area contributed by atoms with Crippen LogP contribution in [-0.4, -0.2) is 59.4 Å². The summed E-state index contributed by atoms with van der Waals surface area (Å²) in [6.07, 6.45) is 2.84. The van der Waals surface area contributed by atoms with Gasteiger partial charge in [0.25, 0.3) is 11.8 Å². The SMILES string of the molecule is COC(=O)N1CCC[C@@H]1C(=O)Nc1nc(-c2ccc(C(=O)Nc3ccc(C(=O)NC4CC4)cc3)cc2)cs1. The van der Waals surface area contributed by atoms with Gasteiger partial charge in [-0.15, -0.1) is 11.3 Å². The average Bonchev–Trinajstić information content (AvgIpc) is 3.40. The number of hydrogen-bond acceptors (Lipinski definition) is 7. The number of carbonyl (C=O) groups excluding carboxylic acids is 4. The largest absolute Gasteiger partial charge is 0.453 e. The first-order chi connectivity index (χ1) is 18.4. The van der Waals surface area contributed by atoms with Crippen molar-refractivity contribution in [2.24, 2.45) is 0 Å². The van der Waals surface area contributed by atoms with E-state index >= 15 is 0 Å². The van der Waals surface area contributed by atoms with E-state index in [0.29, 0.717) is 40.6 Å². The van der Waals surface area contributed by atoms with Gasteiger partial charge in [0.1, 0.15) is 6.04 Å². The van der Waals surface area contributed by atoms with E-state index in [1.807, 2.05) is 5.38 Å². The van der Waals surface area contributed by atoms with Crippen LogP contribution in [0.2, 0.25) is 0 Å². The molecule has 1 atom stereocenters. The molecule has 2 heterocycles. The molecule has 2 fully saturated rings. The smallest absolute Gasteiger partial charge is 0.410 e. The van der Waals surface area contributed by atoms with Gasteiger partial charge < -0.3 is 20.7 Å². The van der Waals surface area contributed by atoms with Gasteiger partial charge in [0, 0.05) is 40.3 Å². The number of rotatable bonds is 7. The topological polar surface area (TPSA) is 130 Å². The lowest BCUT2D eigenvalue weighted by molar-refractivity contribution is -0.119. The summed E-state index contributed by atoms with van der Waals surface area (Å²) in [6.45, 7) is 0.483. The van der Waals surface area contributed by atoms with E-state index in [-0.39, 0.29) is 23.8 Å². The maximum absolute atomic E-state index is 12.7. The molecule has 1 saturated carbocycles. The first-order valence-electron chi connectivity index (χ1n) is 12.3. The maximum Gasteiger partial charge on any atom is 0.410 e. The quantitative estimate of drug-likeness (QED) is 0.419. The number of aromatic nitrogens is 1. The van der Waals surface area contributed by atoms with Gasteiger partial charge in [-0.2, -0.15) is 0 Å². The van der Waals surface area contributed by atoms with Gasteiger partial charge in [-0.25, -0.2) is 9.78 Å². The third-order valence-corrected chi connectivity index (χ3v) is 7.22. The Morgan fingerprint density at radius 2 is 1.61 bits per heavy atom. The molecular formula is C27H27N5O5S. The summed E-state index contributed by atoms with van der Waals surface area (Å²) in [5, 5.41) is 10.8. The molecule has 0 spiro atoms. The van der Waals surface area contributed by atoms with Crippen molar-refractivity contribution in [3.8, 4) is 11.3 Å². The second-order valence-corrected chi connectivity index (χ2v) is 10.1. The summed E-state index contributed by atoms with van der Waals surface area (Å²) >= 11 is 1.28. The number of thiazole rings is 1. The number of benzene rings is 2. The zero-order valence-electron chi connectivity index (χ0n) is 20.7. The Labute approximate surface area is 223 Å². The molecule has 0 radical (unpaired) electrons. The zero-order chi connectivity index (χ0) is 26.6. The molecule has 1 aliphatic carbocycles. The van der Waals surface area contributed by atoms with Gasteiger partial charge in [0.15, 0.2) is 5.13 Å². The zero-order valence-corrected chi connectivity index (χ0v) is 21.5. The van der Waals surface area contributed by atoms with Crippen LogP contribution in [0, 0.1) is 0 Å². The van der Waals surface area contributed by atoms with Gasteiger partial charge in [-0.1, -0.05) is 12.1 Å². The minimum Gasteiger partial charge on any atom is -0.453 e. The number of amides is 4. The summed E-state index contributed by atoms with van der Waals surface area (Å²) in [4.78, 5) is 55.3. The lowest BCUT2D eigenvalue weighted by Crippen LogP contribution is -2.43. The van der Waals surface area contributed by atoms with E-state index < -0.39 is 12.1 Å². The fourth-order valence-corrected chi connectivity index (χ4v) is 4.95. The van der Waals surface area contributed by atoms with Crippen LogP contribution in [-0.2, 0) is 9.53 Å². The van der Waals surface area contributed by atoms with Crippen molar-refractivity contribution in [2.45, 2.75) is 37.8 Å². The van der Waals surface area contributed by atoms with Gasteiger partial charge >= 0.3 is 6.09 Å². The molecule has 4 amide bonds. The summed E-state index contributed by atoms with van der Waals surface area (Å²) in [6, 6.07) is 13.5. The molecule has 1 saturated heterocycles. The fraction of sp³-hybridized carbons (Fsp3) is 0.296. The first kappa shape index (κ1) is 25.4. The Morgan fingerprint density at radius 3 is 2.29 bits per heavy atom. The maximum atomic E-state index is 12.7. The van der Waals surface area contributed by atoms with E-state index in [2.05, 4.69) is 20.9 Å². The van der Waals surface area contributed by atoms with Crippen molar-refractivity contribution in [1.29, 1.82) is 0 Å². The summed E-state index contributed by atoms with van der Waals surface area (Å²) < 4.78 is 4.76. The molecule has 3 N–H and O–H groups in total. The van der Waals surface area contributed by atoms with Crippen molar-refractivity contribution in [3.05, 3.63) is 65.0 Å². The van der Waals surface area contributed by atoms with Crippen LogP contribution in [0.15, 0.2) is 53.9 Å². The Balaban J connectivity index is 1.17. The minimum atomic E-state index is -0.580. The molecule has 3 aromatic rings. The van der Waals surface area contributed by atoms with Crippen LogP contribution >= 0.6 is 11.3 Å². The van der Waals surface area contributed by atoms with Crippen molar-refractivity contribution in [1.82, 2.24) is 15.2 Å². The van der Waals surface area contributed by atoms with E-state index in [1.54, 1.807) is 48.5 Å². The van der Waals surface area contributed by atoms with Crippen LogP contribution in [0.4, 0.5) is 15.6 Å². The van der Waals surface area contributed by atoms with E-state index in [1.165, 1.54) is 23.3 Å². The molecule has 0 bridgehead atoms. The highest BCUT2D eigenvalue weighted by Gasteiger charge is 2.35. The Morgan fingerprint density at radius 1 is 0.921 bits per heavy atom. The highest BCUT2D eigenvalue weighted by molar-refractivity contribution is 7.14. The minimum absolute atomic E-state index is 0.104. The Kier molecular flexibility index (Phi) is 7.36. The number of anilines is 2. The summed E-state index contributed by atoms with van der Waals surface area (Å²) in [7, 11) is 1.30. The normalized spacial score (nSPS) is 16.6. The third kappa shape index (κ3) is 5.83. The number of ether oxygens (including phenoxy) is 1. The molecule has 0 unspecified atom stereocenters. The molecule has 1 aliphatic heterocycles. The van der Waals surface area contributed by atoms with Crippen molar-refractivity contribution >= 4 is 46.0 Å². The van der Waals surface area contributed by atoms with Crippen molar-refractivity contribution in [2.75, 3.05) is 24.3 Å². The van der Waals surface area contributed by atoms with Crippen LogP contribution < -0.4 is 16.0 Å². The van der Waals surface area contributed by atoms with Gasteiger partial charge in [-0.3, -0.25) is 19.3 Å². The number of hydrogen-bond donors (Lipinski definition) is 3. The van der Waals surface area contributed by atoms with E-state index in [0.717, 1.165) is 24.8 Å². The van der Waals surface area contributed by atoms with Crippen molar-refractivity contribution < 1.29 is 23.9 Å². The standard InChI is InChI=1S/C27H27N5O5S/c1-37-27(36)32-14-2-3-22(32)25(35)31-26-30-21(15-38-26)16-4-6-17(7-5-16)23(33)28-19-10-8-18(9-11-19)24(34)29-20-12-13-20/h4-11,15,20,22H,2-3,12-14H2,1H3,(H,28,33)(H,29,34)(H,30,31,35)/t22-/m1/s1. The van der Waals surface area contributed by atoms with Crippen LogP contribution in [0.3, 0.4) is 0 Å². The van der Waals surface area contributed by atoms with Crippen LogP contribution in [0.5, 0.6) is 0 Å². The summed E-state index contributed by atoms with van der Waals surface area (Å²) in [5.41, 5.74) is 3.07. The Hall–Kier alpha value is -4.25. The molecule has 196 valence electrons. The Bertz CT molecular complexity index is 1350. The molecule has 38 heavy (non-hydrogen) atoms. The third-order valence-electron chi connectivity index (χ3n) is 6.46. The lowest BCUT2D eigenvalue weighted by Gasteiger charge is -2.21. The monoisotopic (exact) mass is 533 g/mol. The van der Waals surface area contributed by atoms with Crippen LogP contribution in [0.1, 0.15) is 46.4 Å². The highest BCUT2D eigenvalue weighted by Crippen LogP contribution is 2.27. The fourth-order valence-electron chi connectivity index (χ4n) is 4.22. The average molecular weight is 534 g/mol. The molecule has 2 aliphatic rings. The number of carbonyl (C=O) groups is 4. The van der Waals surface area contributed by atoms with Gasteiger partial charge in [0.2, 0.25) is 5.91 Å². The lowest BCUT2D eigenvalue weighted by atomic mass is 10.1. The number of nitrogens with zero attached hydrogens (tertiary/aromatic N) is 2. The molecule has 11 heteroatoms. The number of nitrogens with one attached hydrogen (secondary N) is 3. The predicted molar refractivity (Wildman–Crippen MR) is 143 cm³/mol. The van der Waals surface area contributed by atoms with Crippen LogP contribution in [0.25, 0.3) is 11.3 Å². The highest BCUT2D eigenvalue weighted by atomic mass is 32.1. The molecule has 10 nitrogen and oxygen atoms in total. The second kappa shape index (κ2) is 11.0. The molecule has 1 aromatic heterocycles. The van der Waals surface area contributed by atoms with E-state index in [9.17, 15) is 19.2 Å². The summed E-state index contributed by atoms with van der Waals surface area (Å²) in [5.74, 6) is -0.672. The predicted octanol–water partition coefficient (Wildman–Crippen LogP) is 4.12. The molecular weight excluding hydrogens is 506 g/mol. The van der Waals surface area contributed by atoms with Gasteiger partial charge in [0.05, 0.1) is 12.8 Å². The van der Waals surface area contributed by atoms with Crippen molar-refractivity contribution in [3.63, 3.8) is 0 Å². The van der Waals surface area contributed by atoms with Gasteiger partial charge in [-0.05, 0) is 62.1 Å². The molecule has 5 rings (SSSR count). The molecule has 2 aromatic carbocycles. The first-order valence-corrected chi connectivity index (χ1v) is 13.2. The van der Waals surface area contributed by atoms with E-state index in [4.69, 9.17) is 4.74 Å². The number of likely N-dealkylation sites (tertiary alicyclic amines) is 1.